The molecule has 2 aromatic rings. The first-order valence-electron chi connectivity index (χ1n) is 6.43. The van der Waals surface area contributed by atoms with E-state index in [1.807, 2.05) is 48.1 Å². The third-order valence-electron chi connectivity index (χ3n) is 2.73. The Hall–Kier alpha value is -2.56. The number of nitrogens with one attached hydrogen (secondary N) is 1. The molecule has 0 unspecified atom stereocenters. The molecular weight excluding hydrogens is 250 g/mol. The van der Waals surface area contributed by atoms with Crippen LogP contribution in [0.15, 0.2) is 59.9 Å². The third-order valence-corrected chi connectivity index (χ3v) is 2.73. The van der Waals surface area contributed by atoms with Crippen LogP contribution in [0.3, 0.4) is 0 Å². The van der Waals surface area contributed by atoms with Crippen LogP contribution < -0.4 is 11.1 Å². The van der Waals surface area contributed by atoms with E-state index in [-0.39, 0.29) is 0 Å². The maximum Gasteiger partial charge on any atom is 0.189 e. The van der Waals surface area contributed by atoms with Gasteiger partial charge in [0, 0.05) is 18.9 Å². The fraction of sp³-hybridized carbons (Fsp3) is 0.200. The van der Waals surface area contributed by atoms with Gasteiger partial charge < -0.3 is 11.1 Å². The maximum atomic E-state index is 5.81. The van der Waals surface area contributed by atoms with E-state index in [2.05, 4.69) is 22.0 Å². The highest BCUT2D eigenvalue weighted by molar-refractivity contribution is 5.78. The van der Waals surface area contributed by atoms with Crippen molar-refractivity contribution in [3.05, 3.63) is 60.4 Å². The zero-order chi connectivity index (χ0) is 14.4. The highest BCUT2D eigenvalue weighted by Gasteiger charge is 2.03. The summed E-state index contributed by atoms with van der Waals surface area (Å²) in [5.41, 5.74) is 8.90. The van der Waals surface area contributed by atoms with Crippen molar-refractivity contribution in [1.29, 1.82) is 0 Å². The molecule has 2 rings (SSSR count). The van der Waals surface area contributed by atoms with E-state index in [0.717, 1.165) is 16.8 Å². The molecule has 1 aromatic carbocycles. The van der Waals surface area contributed by atoms with Crippen molar-refractivity contribution in [1.82, 2.24) is 15.1 Å². The Kier molecular flexibility index (Phi) is 4.55. The average molecular weight is 269 g/mol. The Morgan fingerprint density at radius 3 is 2.90 bits per heavy atom. The summed E-state index contributed by atoms with van der Waals surface area (Å²) in [6.45, 7) is 6.89. The van der Waals surface area contributed by atoms with Crippen LogP contribution in [0.4, 0.5) is 0 Å². The molecule has 20 heavy (non-hydrogen) atoms. The smallest absolute Gasteiger partial charge is 0.189 e. The summed E-state index contributed by atoms with van der Waals surface area (Å²) in [4.78, 5) is 4.34. The third kappa shape index (κ3) is 3.71. The lowest BCUT2D eigenvalue weighted by molar-refractivity contribution is 0.855. The van der Waals surface area contributed by atoms with Crippen LogP contribution >= 0.6 is 0 Å². The zero-order valence-electron chi connectivity index (χ0n) is 11.6. The van der Waals surface area contributed by atoms with Crippen LogP contribution in [0.2, 0.25) is 0 Å². The second-order valence-corrected chi connectivity index (χ2v) is 4.59. The van der Waals surface area contributed by atoms with Gasteiger partial charge in [0.25, 0.3) is 0 Å². The molecule has 5 nitrogen and oxygen atoms in total. The molecule has 0 fully saturated rings. The molecule has 0 spiro atoms. The molecule has 1 aromatic heterocycles. The van der Waals surface area contributed by atoms with Gasteiger partial charge in [-0.15, -0.1) is 0 Å². The van der Waals surface area contributed by atoms with Crippen LogP contribution in [0.25, 0.3) is 5.69 Å². The summed E-state index contributed by atoms with van der Waals surface area (Å²) in [6.07, 6.45) is 3.66. The zero-order valence-corrected chi connectivity index (χ0v) is 11.6. The first kappa shape index (κ1) is 13.9. The van der Waals surface area contributed by atoms with Gasteiger partial charge in [0.1, 0.15) is 0 Å². The highest BCUT2D eigenvalue weighted by atomic mass is 15.3. The van der Waals surface area contributed by atoms with E-state index in [1.165, 1.54) is 0 Å². The van der Waals surface area contributed by atoms with Gasteiger partial charge in [-0.25, -0.2) is 9.67 Å². The number of aliphatic imine (C=N–C) groups is 1. The van der Waals surface area contributed by atoms with Crippen LogP contribution in [-0.2, 0) is 6.54 Å². The minimum absolute atomic E-state index is 0.420. The summed E-state index contributed by atoms with van der Waals surface area (Å²) in [6, 6.07) is 9.88. The van der Waals surface area contributed by atoms with Gasteiger partial charge in [-0.3, -0.25) is 0 Å². The minimum Gasteiger partial charge on any atom is -0.370 e. The lowest BCUT2D eigenvalue weighted by Crippen LogP contribution is -2.32. The van der Waals surface area contributed by atoms with Crippen LogP contribution in [0, 0.1) is 0 Å². The summed E-state index contributed by atoms with van der Waals surface area (Å²) < 4.78 is 1.82. The van der Waals surface area contributed by atoms with Gasteiger partial charge in [0.2, 0.25) is 0 Å². The number of rotatable bonds is 5. The van der Waals surface area contributed by atoms with Crippen molar-refractivity contribution in [2.75, 3.05) is 6.54 Å². The topological polar surface area (TPSA) is 68.2 Å². The monoisotopic (exact) mass is 269 g/mol. The molecule has 0 saturated carbocycles. The summed E-state index contributed by atoms with van der Waals surface area (Å²) in [5.74, 6) is 0.420. The summed E-state index contributed by atoms with van der Waals surface area (Å²) >= 11 is 0. The fourth-order valence-electron chi connectivity index (χ4n) is 1.75. The SMILES string of the molecule is C=C(C)CNC(N)=NCc1ccccc1-n1cccn1. The maximum absolute atomic E-state index is 5.81. The molecule has 0 saturated heterocycles. The van der Waals surface area contributed by atoms with E-state index in [0.29, 0.717) is 19.0 Å². The van der Waals surface area contributed by atoms with E-state index in [4.69, 9.17) is 5.73 Å². The molecular formula is C15H19N5. The Morgan fingerprint density at radius 2 is 2.20 bits per heavy atom. The van der Waals surface area contributed by atoms with Crippen molar-refractivity contribution < 1.29 is 0 Å². The Morgan fingerprint density at radius 1 is 1.40 bits per heavy atom. The fourth-order valence-corrected chi connectivity index (χ4v) is 1.75. The van der Waals surface area contributed by atoms with Crippen molar-refractivity contribution in [2.45, 2.75) is 13.5 Å². The Labute approximate surface area is 118 Å². The first-order valence-corrected chi connectivity index (χ1v) is 6.43. The summed E-state index contributed by atoms with van der Waals surface area (Å²) in [7, 11) is 0. The van der Waals surface area contributed by atoms with Crippen LogP contribution in [0.5, 0.6) is 0 Å². The number of nitrogens with two attached hydrogens (primary N) is 1. The molecule has 0 radical (unpaired) electrons. The molecule has 0 aliphatic rings. The van der Waals surface area contributed by atoms with Crippen LogP contribution in [-0.4, -0.2) is 22.3 Å². The highest BCUT2D eigenvalue weighted by Crippen LogP contribution is 2.14. The second kappa shape index (κ2) is 6.56. The number of hydrogen-bond acceptors (Lipinski definition) is 2. The van der Waals surface area contributed by atoms with Gasteiger partial charge in [-0.05, 0) is 24.6 Å². The van der Waals surface area contributed by atoms with Gasteiger partial charge in [-0.1, -0.05) is 30.4 Å². The molecule has 3 N–H and O–H groups in total. The van der Waals surface area contributed by atoms with Gasteiger partial charge in [-0.2, -0.15) is 5.10 Å². The number of nitrogens with zero attached hydrogens (tertiary/aromatic N) is 3. The van der Waals surface area contributed by atoms with E-state index in [1.54, 1.807) is 6.20 Å². The first-order chi connectivity index (χ1) is 9.66. The predicted octanol–water partition coefficient (Wildman–Crippen LogP) is 1.85. The van der Waals surface area contributed by atoms with Crippen LogP contribution in [0.1, 0.15) is 12.5 Å². The largest absolute Gasteiger partial charge is 0.370 e. The lowest BCUT2D eigenvalue weighted by atomic mass is 10.2. The van der Waals surface area contributed by atoms with Crippen molar-refractivity contribution in [3.63, 3.8) is 0 Å². The van der Waals surface area contributed by atoms with Gasteiger partial charge in [0.15, 0.2) is 5.96 Å². The van der Waals surface area contributed by atoms with Gasteiger partial charge >= 0.3 is 0 Å². The molecule has 0 aliphatic carbocycles. The predicted molar refractivity (Wildman–Crippen MR) is 81.7 cm³/mol. The number of benzene rings is 1. The summed E-state index contributed by atoms with van der Waals surface area (Å²) in [5, 5.41) is 7.26. The van der Waals surface area contributed by atoms with Crippen molar-refractivity contribution in [2.24, 2.45) is 10.7 Å². The molecule has 0 atom stereocenters. The van der Waals surface area contributed by atoms with E-state index >= 15 is 0 Å². The Bertz CT molecular complexity index is 598. The molecule has 5 heteroatoms. The molecule has 104 valence electrons. The number of guanidine groups is 1. The van der Waals surface area contributed by atoms with Crippen molar-refractivity contribution >= 4 is 5.96 Å². The molecule has 0 bridgehead atoms. The Balaban J connectivity index is 2.10. The molecule has 0 aliphatic heterocycles. The standard InChI is InChI=1S/C15H19N5/c1-12(2)10-17-15(16)18-11-13-6-3-4-7-14(13)20-9-5-8-19-20/h3-9H,1,10-11H2,2H3,(H3,16,17,18). The number of hydrogen-bond donors (Lipinski definition) is 2. The van der Waals surface area contributed by atoms with E-state index < -0.39 is 0 Å². The number of aromatic nitrogens is 2. The molecule has 1 heterocycles. The lowest BCUT2D eigenvalue weighted by Gasteiger charge is -2.08. The quantitative estimate of drug-likeness (QED) is 0.494. The molecule has 0 amide bonds. The minimum atomic E-state index is 0.420. The van der Waals surface area contributed by atoms with Crippen molar-refractivity contribution in [3.8, 4) is 5.69 Å². The van der Waals surface area contributed by atoms with E-state index in [9.17, 15) is 0 Å². The average Bonchev–Trinajstić information content (AvgIpc) is 2.97. The van der Waals surface area contributed by atoms with Gasteiger partial charge in [0.05, 0.1) is 12.2 Å². The second-order valence-electron chi connectivity index (χ2n) is 4.59. The number of para-hydroxylation sites is 1. The normalized spacial score (nSPS) is 11.3.